The number of hydrogen-bond donors (Lipinski definition) is 0. The first-order valence-electron chi connectivity index (χ1n) is 8.78. The highest BCUT2D eigenvalue weighted by atomic mass is 16.5. The van der Waals surface area contributed by atoms with Crippen molar-refractivity contribution in [2.24, 2.45) is 0 Å². The second-order valence-corrected chi connectivity index (χ2v) is 6.56. The number of nitrogens with zero attached hydrogens (tertiary/aromatic N) is 3. The van der Waals surface area contributed by atoms with Crippen molar-refractivity contribution in [2.45, 2.75) is 18.8 Å². The molecule has 3 heterocycles. The van der Waals surface area contributed by atoms with Crippen molar-refractivity contribution in [1.29, 1.82) is 0 Å². The maximum absolute atomic E-state index is 12.6. The van der Waals surface area contributed by atoms with E-state index in [2.05, 4.69) is 29.2 Å². The van der Waals surface area contributed by atoms with Crippen LogP contribution in [0.3, 0.4) is 0 Å². The van der Waals surface area contributed by atoms with Gasteiger partial charge in [0.15, 0.2) is 0 Å². The van der Waals surface area contributed by atoms with Crippen molar-refractivity contribution in [3.63, 3.8) is 0 Å². The molecule has 2 saturated heterocycles. The molecule has 4 rings (SSSR count). The largest absolute Gasteiger partial charge is 0.378 e. The number of rotatable bonds is 1. The predicted molar refractivity (Wildman–Crippen MR) is 93.1 cm³/mol. The lowest BCUT2D eigenvalue weighted by molar-refractivity contribution is 0.0411. The third kappa shape index (κ3) is 2.96. The zero-order valence-electron chi connectivity index (χ0n) is 13.9. The van der Waals surface area contributed by atoms with Crippen LogP contribution in [0.1, 0.15) is 24.3 Å². The number of pyridine rings is 1. The SMILES string of the molecule is O=C(N1CCOCC1)N1CCC(c2ccnc3ccccc23)CC1. The van der Waals surface area contributed by atoms with Crippen molar-refractivity contribution < 1.29 is 9.53 Å². The molecule has 0 spiro atoms. The lowest BCUT2D eigenvalue weighted by Crippen LogP contribution is -2.50. The maximum atomic E-state index is 12.6. The average molecular weight is 325 g/mol. The molecule has 1 aromatic heterocycles. The van der Waals surface area contributed by atoms with Crippen LogP contribution in [0.25, 0.3) is 10.9 Å². The molecule has 0 aliphatic carbocycles. The Morgan fingerprint density at radius 3 is 2.50 bits per heavy atom. The highest BCUT2D eigenvalue weighted by Crippen LogP contribution is 2.32. The Bertz CT molecular complexity index is 714. The molecule has 1 aromatic carbocycles. The molecule has 2 fully saturated rings. The van der Waals surface area contributed by atoms with Gasteiger partial charge in [0.05, 0.1) is 18.7 Å². The normalized spacial score (nSPS) is 19.7. The van der Waals surface area contributed by atoms with Gasteiger partial charge in [-0.25, -0.2) is 4.79 Å². The molecule has 2 amide bonds. The van der Waals surface area contributed by atoms with Crippen LogP contribution in [-0.4, -0.2) is 60.2 Å². The number of amides is 2. The van der Waals surface area contributed by atoms with Gasteiger partial charge >= 0.3 is 6.03 Å². The second kappa shape index (κ2) is 6.77. The van der Waals surface area contributed by atoms with E-state index >= 15 is 0 Å². The number of likely N-dealkylation sites (tertiary alicyclic amines) is 1. The van der Waals surface area contributed by atoms with Gasteiger partial charge in [-0.3, -0.25) is 4.98 Å². The molecule has 5 nitrogen and oxygen atoms in total. The number of aromatic nitrogens is 1. The summed E-state index contributed by atoms with van der Waals surface area (Å²) in [4.78, 5) is 21.0. The highest BCUT2D eigenvalue weighted by Gasteiger charge is 2.28. The van der Waals surface area contributed by atoms with Crippen molar-refractivity contribution >= 4 is 16.9 Å². The number of benzene rings is 1. The molecule has 5 heteroatoms. The van der Waals surface area contributed by atoms with Crippen LogP contribution in [0.5, 0.6) is 0 Å². The summed E-state index contributed by atoms with van der Waals surface area (Å²) in [5.41, 5.74) is 2.43. The average Bonchev–Trinajstić information content (AvgIpc) is 2.68. The van der Waals surface area contributed by atoms with Crippen LogP contribution >= 0.6 is 0 Å². The van der Waals surface area contributed by atoms with Crippen molar-refractivity contribution in [3.05, 3.63) is 42.1 Å². The van der Waals surface area contributed by atoms with Gasteiger partial charge < -0.3 is 14.5 Å². The van der Waals surface area contributed by atoms with Gasteiger partial charge in [0.2, 0.25) is 0 Å². The minimum atomic E-state index is 0.177. The molecule has 24 heavy (non-hydrogen) atoms. The molecule has 0 atom stereocenters. The maximum Gasteiger partial charge on any atom is 0.320 e. The van der Waals surface area contributed by atoms with E-state index in [1.54, 1.807) is 0 Å². The number of para-hydroxylation sites is 1. The number of piperidine rings is 1. The van der Waals surface area contributed by atoms with E-state index in [0.29, 0.717) is 32.2 Å². The summed E-state index contributed by atoms with van der Waals surface area (Å²) in [6, 6.07) is 10.6. The Morgan fingerprint density at radius 1 is 1.00 bits per heavy atom. The first-order valence-corrected chi connectivity index (χ1v) is 8.78. The Morgan fingerprint density at radius 2 is 1.71 bits per heavy atom. The van der Waals surface area contributed by atoms with Crippen molar-refractivity contribution in [2.75, 3.05) is 39.4 Å². The molecule has 2 aliphatic rings. The molecule has 0 bridgehead atoms. The third-order valence-electron chi connectivity index (χ3n) is 5.17. The van der Waals surface area contributed by atoms with Gasteiger partial charge in [-0.15, -0.1) is 0 Å². The van der Waals surface area contributed by atoms with Crippen LogP contribution in [0.15, 0.2) is 36.5 Å². The molecular formula is C19H23N3O2. The zero-order chi connectivity index (χ0) is 16.4. The van der Waals surface area contributed by atoms with E-state index in [0.717, 1.165) is 31.4 Å². The van der Waals surface area contributed by atoms with Gasteiger partial charge in [-0.1, -0.05) is 18.2 Å². The number of ether oxygens (including phenoxy) is 1. The zero-order valence-corrected chi connectivity index (χ0v) is 13.9. The number of carbonyl (C=O) groups excluding carboxylic acids is 1. The molecule has 2 aromatic rings. The molecule has 126 valence electrons. The fraction of sp³-hybridized carbons (Fsp3) is 0.474. The monoisotopic (exact) mass is 325 g/mol. The quantitative estimate of drug-likeness (QED) is 0.810. The molecule has 0 radical (unpaired) electrons. The molecule has 0 unspecified atom stereocenters. The van der Waals surface area contributed by atoms with Crippen molar-refractivity contribution in [1.82, 2.24) is 14.8 Å². The van der Waals surface area contributed by atoms with E-state index < -0.39 is 0 Å². The van der Waals surface area contributed by atoms with Crippen LogP contribution in [0.4, 0.5) is 4.79 Å². The molecule has 0 saturated carbocycles. The predicted octanol–water partition coefficient (Wildman–Crippen LogP) is 2.87. The van der Waals surface area contributed by atoms with Crippen LogP contribution in [-0.2, 0) is 4.74 Å². The van der Waals surface area contributed by atoms with Crippen LogP contribution in [0, 0.1) is 0 Å². The van der Waals surface area contributed by atoms with E-state index in [1.165, 1.54) is 10.9 Å². The Hall–Kier alpha value is -2.14. The lowest BCUT2D eigenvalue weighted by atomic mass is 9.87. The summed E-state index contributed by atoms with van der Waals surface area (Å²) in [6.07, 6.45) is 3.94. The second-order valence-electron chi connectivity index (χ2n) is 6.56. The highest BCUT2D eigenvalue weighted by molar-refractivity contribution is 5.82. The van der Waals surface area contributed by atoms with Gasteiger partial charge in [-0.2, -0.15) is 0 Å². The topological polar surface area (TPSA) is 45.7 Å². The summed E-state index contributed by atoms with van der Waals surface area (Å²) >= 11 is 0. The summed E-state index contributed by atoms with van der Waals surface area (Å²) in [7, 11) is 0. The van der Waals surface area contributed by atoms with E-state index in [-0.39, 0.29) is 6.03 Å². The number of fused-ring (bicyclic) bond motifs is 1. The Labute approximate surface area is 142 Å². The lowest BCUT2D eigenvalue weighted by Gasteiger charge is -2.37. The summed E-state index contributed by atoms with van der Waals surface area (Å²) in [6.45, 7) is 4.41. The van der Waals surface area contributed by atoms with Gasteiger partial charge in [0.25, 0.3) is 0 Å². The minimum Gasteiger partial charge on any atom is -0.378 e. The van der Waals surface area contributed by atoms with Crippen molar-refractivity contribution in [3.8, 4) is 0 Å². The van der Waals surface area contributed by atoms with E-state index in [4.69, 9.17) is 4.74 Å². The smallest absolute Gasteiger partial charge is 0.320 e. The standard InChI is InChI=1S/C19H23N3O2/c23-19(22-11-13-24-14-12-22)21-9-6-15(7-10-21)16-5-8-20-18-4-2-1-3-17(16)18/h1-5,8,15H,6-7,9-14H2. The first-order chi connectivity index (χ1) is 11.8. The van der Waals surface area contributed by atoms with Gasteiger partial charge in [0, 0.05) is 37.8 Å². The summed E-state index contributed by atoms with van der Waals surface area (Å²) < 4.78 is 5.33. The number of urea groups is 1. The van der Waals surface area contributed by atoms with Gasteiger partial charge in [-0.05, 0) is 36.5 Å². The molecule has 0 N–H and O–H groups in total. The van der Waals surface area contributed by atoms with E-state index in [1.807, 2.05) is 22.1 Å². The van der Waals surface area contributed by atoms with E-state index in [9.17, 15) is 4.79 Å². The first kappa shape index (κ1) is 15.4. The van der Waals surface area contributed by atoms with Gasteiger partial charge in [0.1, 0.15) is 0 Å². The molecular weight excluding hydrogens is 302 g/mol. The van der Waals surface area contributed by atoms with Crippen LogP contribution in [0.2, 0.25) is 0 Å². The number of carbonyl (C=O) groups is 1. The fourth-order valence-corrected chi connectivity index (χ4v) is 3.81. The number of morpholine rings is 1. The fourth-order valence-electron chi connectivity index (χ4n) is 3.81. The summed E-state index contributed by atoms with van der Waals surface area (Å²) in [5.74, 6) is 0.506. The van der Waals surface area contributed by atoms with Crippen LogP contribution < -0.4 is 0 Å². The summed E-state index contributed by atoms with van der Waals surface area (Å²) in [5, 5.41) is 1.25. The Kier molecular flexibility index (Phi) is 4.34. The molecule has 2 aliphatic heterocycles. The minimum absolute atomic E-state index is 0.177. The third-order valence-corrected chi connectivity index (χ3v) is 5.17. The Balaban J connectivity index is 1.45. The number of hydrogen-bond acceptors (Lipinski definition) is 3.